The summed E-state index contributed by atoms with van der Waals surface area (Å²) < 4.78 is 12.1. The molecule has 0 aliphatic carbocycles. The average Bonchev–Trinajstić information content (AvgIpc) is 2.52. The van der Waals surface area contributed by atoms with E-state index in [1.807, 2.05) is 24.3 Å². The molecule has 0 saturated heterocycles. The van der Waals surface area contributed by atoms with Gasteiger partial charge < -0.3 is 14.8 Å². The Morgan fingerprint density at radius 2 is 2.05 bits per heavy atom. The molecule has 1 N–H and O–H groups in total. The molecule has 0 fully saturated rings. The molecule has 1 aromatic carbocycles. The van der Waals surface area contributed by atoms with E-state index < -0.39 is 0 Å². The molecule has 0 amide bonds. The Hall–Kier alpha value is -1.82. The molecule has 2 aromatic rings. The van der Waals surface area contributed by atoms with Crippen LogP contribution in [-0.2, 0) is 6.61 Å². The van der Waals surface area contributed by atoms with Crippen LogP contribution in [0, 0.1) is 0 Å². The fourth-order valence-corrected chi connectivity index (χ4v) is 2.17. The SMILES string of the molecule is CCCNc1ncnc(OCc2ccccc2Br)c1OC. The van der Waals surface area contributed by atoms with Crippen molar-refractivity contribution in [1.82, 2.24) is 9.97 Å². The predicted octanol–water partition coefficient (Wildman–Crippen LogP) is 3.65. The van der Waals surface area contributed by atoms with E-state index in [2.05, 4.69) is 38.1 Å². The second-order valence-corrected chi connectivity index (χ2v) is 5.22. The van der Waals surface area contributed by atoms with Crippen LogP contribution >= 0.6 is 15.9 Å². The van der Waals surface area contributed by atoms with E-state index in [9.17, 15) is 0 Å². The number of hydrogen-bond acceptors (Lipinski definition) is 5. The molecule has 21 heavy (non-hydrogen) atoms. The molecule has 0 atom stereocenters. The lowest BCUT2D eigenvalue weighted by Crippen LogP contribution is -2.07. The number of nitrogens with one attached hydrogen (secondary N) is 1. The average molecular weight is 352 g/mol. The molecule has 0 radical (unpaired) electrons. The van der Waals surface area contributed by atoms with Crippen molar-refractivity contribution in [3.8, 4) is 11.6 Å². The highest BCUT2D eigenvalue weighted by Gasteiger charge is 2.13. The summed E-state index contributed by atoms with van der Waals surface area (Å²) >= 11 is 3.50. The summed E-state index contributed by atoms with van der Waals surface area (Å²) in [6, 6.07) is 7.90. The van der Waals surface area contributed by atoms with Crippen molar-refractivity contribution in [3.63, 3.8) is 0 Å². The van der Waals surface area contributed by atoms with Crippen molar-refractivity contribution in [2.45, 2.75) is 20.0 Å². The third kappa shape index (κ3) is 4.07. The minimum absolute atomic E-state index is 0.405. The molecule has 0 aliphatic rings. The first-order chi connectivity index (χ1) is 10.3. The topological polar surface area (TPSA) is 56.3 Å². The summed E-state index contributed by atoms with van der Waals surface area (Å²) in [5.74, 6) is 1.61. The lowest BCUT2D eigenvalue weighted by molar-refractivity contribution is 0.271. The van der Waals surface area contributed by atoms with Crippen LogP contribution in [0.4, 0.5) is 5.82 Å². The maximum atomic E-state index is 5.77. The molecule has 1 aromatic heterocycles. The zero-order valence-corrected chi connectivity index (χ0v) is 13.7. The smallest absolute Gasteiger partial charge is 0.262 e. The molecule has 2 rings (SSSR count). The molecule has 0 spiro atoms. The second kappa shape index (κ2) is 7.83. The van der Waals surface area contributed by atoms with Gasteiger partial charge >= 0.3 is 0 Å². The summed E-state index contributed by atoms with van der Waals surface area (Å²) in [4.78, 5) is 8.33. The molecular formula is C15H18BrN3O2. The number of hydrogen-bond donors (Lipinski definition) is 1. The highest BCUT2D eigenvalue weighted by Crippen LogP contribution is 2.31. The Kier molecular flexibility index (Phi) is 5.80. The fraction of sp³-hybridized carbons (Fsp3) is 0.333. The number of benzene rings is 1. The Labute approximate surface area is 132 Å². The van der Waals surface area contributed by atoms with E-state index in [-0.39, 0.29) is 0 Å². The van der Waals surface area contributed by atoms with Gasteiger partial charge in [0.2, 0.25) is 5.75 Å². The zero-order chi connectivity index (χ0) is 15.1. The van der Waals surface area contributed by atoms with Crippen molar-refractivity contribution in [3.05, 3.63) is 40.6 Å². The summed E-state index contributed by atoms with van der Waals surface area (Å²) in [5, 5.41) is 3.20. The fourth-order valence-electron chi connectivity index (χ4n) is 1.78. The molecule has 0 unspecified atom stereocenters. The van der Waals surface area contributed by atoms with E-state index in [4.69, 9.17) is 9.47 Å². The van der Waals surface area contributed by atoms with Crippen molar-refractivity contribution in [1.29, 1.82) is 0 Å². The van der Waals surface area contributed by atoms with E-state index in [1.165, 1.54) is 6.33 Å². The zero-order valence-electron chi connectivity index (χ0n) is 12.1. The maximum absolute atomic E-state index is 5.77. The Balaban J connectivity index is 2.14. The van der Waals surface area contributed by atoms with E-state index >= 15 is 0 Å². The van der Waals surface area contributed by atoms with Crippen molar-refractivity contribution < 1.29 is 9.47 Å². The molecule has 0 bridgehead atoms. The third-order valence-electron chi connectivity index (χ3n) is 2.84. The monoisotopic (exact) mass is 351 g/mol. The highest BCUT2D eigenvalue weighted by molar-refractivity contribution is 9.10. The Morgan fingerprint density at radius 3 is 2.76 bits per heavy atom. The lowest BCUT2D eigenvalue weighted by Gasteiger charge is -2.13. The first-order valence-electron chi connectivity index (χ1n) is 6.75. The quantitative estimate of drug-likeness (QED) is 0.824. The first kappa shape index (κ1) is 15.6. The summed E-state index contributed by atoms with van der Waals surface area (Å²) in [5.41, 5.74) is 1.04. The van der Waals surface area contributed by atoms with E-state index in [0.717, 1.165) is 23.0 Å². The van der Waals surface area contributed by atoms with Gasteiger partial charge in [-0.1, -0.05) is 41.1 Å². The number of rotatable bonds is 7. The van der Waals surface area contributed by atoms with Crippen LogP contribution in [0.15, 0.2) is 35.1 Å². The molecule has 6 heteroatoms. The molecule has 112 valence electrons. The van der Waals surface area contributed by atoms with E-state index in [1.54, 1.807) is 7.11 Å². The molecule has 5 nitrogen and oxygen atoms in total. The second-order valence-electron chi connectivity index (χ2n) is 4.37. The van der Waals surface area contributed by atoms with Gasteiger partial charge in [-0.25, -0.2) is 4.98 Å². The van der Waals surface area contributed by atoms with Gasteiger partial charge in [0.15, 0.2) is 5.82 Å². The van der Waals surface area contributed by atoms with Crippen LogP contribution in [0.25, 0.3) is 0 Å². The van der Waals surface area contributed by atoms with Crippen LogP contribution in [0.1, 0.15) is 18.9 Å². The normalized spacial score (nSPS) is 10.2. The summed E-state index contributed by atoms with van der Waals surface area (Å²) in [6.45, 7) is 3.31. The van der Waals surface area contributed by atoms with Crippen molar-refractivity contribution >= 4 is 21.7 Å². The summed E-state index contributed by atoms with van der Waals surface area (Å²) in [6.07, 6.45) is 2.47. The Morgan fingerprint density at radius 1 is 1.24 bits per heavy atom. The van der Waals surface area contributed by atoms with Crippen LogP contribution in [0.2, 0.25) is 0 Å². The number of aromatic nitrogens is 2. The standard InChI is InChI=1S/C15H18BrN3O2/c1-3-8-17-14-13(20-2)15(19-10-18-14)21-9-11-6-4-5-7-12(11)16/h4-7,10H,3,8-9H2,1-2H3,(H,17,18,19). The predicted molar refractivity (Wildman–Crippen MR) is 85.8 cm³/mol. The molecule has 0 aliphatic heterocycles. The minimum Gasteiger partial charge on any atom is -0.489 e. The first-order valence-corrected chi connectivity index (χ1v) is 7.54. The van der Waals surface area contributed by atoms with Gasteiger partial charge in [-0.3, -0.25) is 0 Å². The highest BCUT2D eigenvalue weighted by atomic mass is 79.9. The third-order valence-corrected chi connectivity index (χ3v) is 3.61. The van der Waals surface area contributed by atoms with Gasteiger partial charge in [-0.05, 0) is 12.5 Å². The lowest BCUT2D eigenvalue weighted by atomic mass is 10.2. The summed E-state index contributed by atoms with van der Waals surface area (Å²) in [7, 11) is 1.58. The molecule has 1 heterocycles. The minimum atomic E-state index is 0.405. The molecular weight excluding hydrogens is 334 g/mol. The van der Waals surface area contributed by atoms with Crippen LogP contribution < -0.4 is 14.8 Å². The van der Waals surface area contributed by atoms with Gasteiger partial charge in [-0.15, -0.1) is 0 Å². The number of methoxy groups -OCH3 is 1. The number of nitrogens with zero attached hydrogens (tertiary/aromatic N) is 2. The maximum Gasteiger partial charge on any atom is 0.262 e. The van der Waals surface area contributed by atoms with Crippen LogP contribution in [-0.4, -0.2) is 23.6 Å². The largest absolute Gasteiger partial charge is 0.489 e. The van der Waals surface area contributed by atoms with Crippen molar-refractivity contribution in [2.24, 2.45) is 0 Å². The van der Waals surface area contributed by atoms with Gasteiger partial charge in [0, 0.05) is 16.6 Å². The van der Waals surface area contributed by atoms with Gasteiger partial charge in [0.25, 0.3) is 5.88 Å². The number of anilines is 1. The number of halogens is 1. The van der Waals surface area contributed by atoms with Crippen LogP contribution in [0.3, 0.4) is 0 Å². The van der Waals surface area contributed by atoms with E-state index in [0.29, 0.717) is 24.1 Å². The van der Waals surface area contributed by atoms with Gasteiger partial charge in [0.1, 0.15) is 12.9 Å². The Bertz CT molecular complexity index is 593. The van der Waals surface area contributed by atoms with Crippen molar-refractivity contribution in [2.75, 3.05) is 19.0 Å². The molecule has 0 saturated carbocycles. The van der Waals surface area contributed by atoms with Gasteiger partial charge in [-0.2, -0.15) is 4.98 Å². The van der Waals surface area contributed by atoms with Crippen LogP contribution in [0.5, 0.6) is 11.6 Å². The van der Waals surface area contributed by atoms with Gasteiger partial charge in [0.05, 0.1) is 7.11 Å². The number of ether oxygens (including phenoxy) is 2.